The van der Waals surface area contributed by atoms with Crippen LogP contribution in [0, 0.1) is 5.92 Å². The van der Waals surface area contributed by atoms with Crippen LogP contribution in [-0.4, -0.2) is 11.1 Å². The van der Waals surface area contributed by atoms with Gasteiger partial charge in [0.05, 0.1) is 5.92 Å². The van der Waals surface area contributed by atoms with E-state index in [0.29, 0.717) is 0 Å². The predicted octanol–water partition coefficient (Wildman–Crippen LogP) is 16.1. The van der Waals surface area contributed by atoms with Gasteiger partial charge in [0.2, 0.25) is 0 Å². The summed E-state index contributed by atoms with van der Waals surface area (Å²) in [5.74, 6) is -0.663. The minimum atomic E-state index is -0.557. The Hall–Kier alpha value is -0.790. The molecule has 0 amide bonds. The number of hydrogen-bond acceptors (Lipinski definition) is 1. The van der Waals surface area contributed by atoms with Crippen molar-refractivity contribution in [1.29, 1.82) is 0 Å². The Morgan fingerprint density at radius 2 is 0.587 bits per heavy atom. The lowest BCUT2D eigenvalue weighted by Gasteiger charge is -2.12. The third kappa shape index (κ3) is 37.7. The molecule has 0 aromatic carbocycles. The summed E-state index contributed by atoms with van der Waals surface area (Å²) in [4.78, 5) is 11.7. The zero-order valence-corrected chi connectivity index (χ0v) is 32.0. The zero-order chi connectivity index (χ0) is 33.4. The summed E-state index contributed by atoms with van der Waals surface area (Å²) in [6, 6.07) is 0. The summed E-state index contributed by atoms with van der Waals surface area (Å²) in [6.07, 6.45) is 55.7. The Morgan fingerprint density at radius 1 is 0.370 bits per heavy atom. The molecule has 1 atom stereocenters. The maximum absolute atomic E-state index is 11.7. The topological polar surface area (TPSA) is 37.3 Å². The van der Waals surface area contributed by atoms with E-state index in [-0.39, 0.29) is 5.92 Å². The van der Waals surface area contributed by atoms with Gasteiger partial charge in [0.1, 0.15) is 0 Å². The normalized spacial score (nSPS) is 12.4. The number of carboxylic acids is 1. The van der Waals surface area contributed by atoms with Gasteiger partial charge in [0, 0.05) is 0 Å². The van der Waals surface area contributed by atoms with Gasteiger partial charge in [-0.2, -0.15) is 0 Å². The molecule has 0 aliphatic rings. The van der Waals surface area contributed by atoms with Crippen LogP contribution in [0.15, 0.2) is 12.2 Å². The molecule has 0 bridgehead atoms. The van der Waals surface area contributed by atoms with Crippen molar-refractivity contribution in [2.45, 2.75) is 258 Å². The van der Waals surface area contributed by atoms with Gasteiger partial charge in [-0.15, -0.1) is 0 Å². The summed E-state index contributed by atoms with van der Waals surface area (Å²) in [7, 11) is 0. The first-order valence-corrected chi connectivity index (χ1v) is 21.6. The highest BCUT2D eigenvalue weighted by Crippen LogP contribution is 2.21. The molecule has 0 radical (unpaired) electrons. The van der Waals surface area contributed by atoms with Gasteiger partial charge in [0.15, 0.2) is 0 Å². The summed E-state index contributed by atoms with van der Waals surface area (Å²) in [5.41, 5.74) is 0. The molecular weight excluding hydrogens is 560 g/mol. The fourth-order valence-electron chi connectivity index (χ4n) is 7.03. The lowest BCUT2D eigenvalue weighted by Crippen LogP contribution is -2.13. The standard InChI is InChI=1S/C44H86O2/c1-3-5-7-9-11-13-15-17-19-21-23-24-26-28-30-32-34-36-38-40-42-43(44(45)46)41-39-37-35-33-31-29-27-25-22-20-18-16-14-12-10-8-6-4-2/h18,20,43H,3-17,19,21-42H2,1-2H3,(H,45,46)/b20-18-. The van der Waals surface area contributed by atoms with Gasteiger partial charge in [-0.05, 0) is 38.5 Å². The number of rotatable bonds is 40. The molecule has 0 saturated heterocycles. The van der Waals surface area contributed by atoms with Crippen LogP contribution in [-0.2, 0) is 4.79 Å². The first-order valence-electron chi connectivity index (χ1n) is 21.6. The van der Waals surface area contributed by atoms with Gasteiger partial charge < -0.3 is 5.11 Å². The molecule has 46 heavy (non-hydrogen) atoms. The second-order valence-corrected chi connectivity index (χ2v) is 15.0. The van der Waals surface area contributed by atoms with Crippen LogP contribution in [0.2, 0.25) is 0 Å². The van der Waals surface area contributed by atoms with Crippen molar-refractivity contribution >= 4 is 5.97 Å². The summed E-state index contributed by atoms with van der Waals surface area (Å²) >= 11 is 0. The molecule has 1 N–H and O–H groups in total. The van der Waals surface area contributed by atoms with Crippen molar-refractivity contribution in [3.8, 4) is 0 Å². The molecule has 0 heterocycles. The van der Waals surface area contributed by atoms with Crippen molar-refractivity contribution in [1.82, 2.24) is 0 Å². The van der Waals surface area contributed by atoms with E-state index in [2.05, 4.69) is 26.0 Å². The zero-order valence-electron chi connectivity index (χ0n) is 32.0. The van der Waals surface area contributed by atoms with E-state index in [0.717, 1.165) is 25.7 Å². The summed E-state index contributed by atoms with van der Waals surface area (Å²) in [6.45, 7) is 4.58. The molecule has 0 aliphatic heterocycles. The molecule has 2 nitrogen and oxygen atoms in total. The smallest absolute Gasteiger partial charge is 0.306 e. The average Bonchev–Trinajstić information content (AvgIpc) is 3.05. The lowest BCUT2D eigenvalue weighted by molar-refractivity contribution is -0.142. The Bertz CT molecular complexity index is 597. The SMILES string of the molecule is CCCCCCCC/C=C\CCCCCCCCCCC(CCCCCCCCCCCCCCCCCCCCCC)C(=O)O. The number of unbranched alkanes of at least 4 members (excludes halogenated alkanes) is 33. The van der Waals surface area contributed by atoms with Crippen LogP contribution < -0.4 is 0 Å². The van der Waals surface area contributed by atoms with Gasteiger partial charge in [-0.1, -0.05) is 231 Å². The number of hydrogen-bond donors (Lipinski definition) is 1. The van der Waals surface area contributed by atoms with Crippen LogP contribution in [0.1, 0.15) is 258 Å². The molecule has 0 rings (SSSR count). The molecule has 0 spiro atoms. The molecule has 2 heteroatoms. The largest absolute Gasteiger partial charge is 0.481 e. The highest BCUT2D eigenvalue weighted by Gasteiger charge is 2.16. The fourth-order valence-corrected chi connectivity index (χ4v) is 7.03. The van der Waals surface area contributed by atoms with Crippen LogP contribution >= 0.6 is 0 Å². The Kier molecular flexibility index (Phi) is 39.7. The quantitative estimate of drug-likeness (QED) is 0.0531. The molecule has 0 aromatic rings. The molecule has 1 unspecified atom stereocenters. The van der Waals surface area contributed by atoms with Gasteiger partial charge in [-0.25, -0.2) is 0 Å². The van der Waals surface area contributed by atoms with Crippen LogP contribution in [0.3, 0.4) is 0 Å². The minimum Gasteiger partial charge on any atom is -0.481 e. The van der Waals surface area contributed by atoms with E-state index in [9.17, 15) is 9.90 Å². The summed E-state index contributed by atoms with van der Waals surface area (Å²) in [5, 5.41) is 9.67. The Morgan fingerprint density at radius 3 is 0.826 bits per heavy atom. The summed E-state index contributed by atoms with van der Waals surface area (Å²) < 4.78 is 0. The highest BCUT2D eigenvalue weighted by molar-refractivity contribution is 5.69. The van der Waals surface area contributed by atoms with Gasteiger partial charge in [0.25, 0.3) is 0 Å². The number of allylic oxidation sites excluding steroid dienone is 2. The van der Waals surface area contributed by atoms with E-state index >= 15 is 0 Å². The number of carboxylic acid groups (broad SMARTS) is 1. The maximum Gasteiger partial charge on any atom is 0.306 e. The second kappa shape index (κ2) is 40.4. The van der Waals surface area contributed by atoms with Crippen LogP contribution in [0.5, 0.6) is 0 Å². The van der Waals surface area contributed by atoms with Crippen molar-refractivity contribution in [3.05, 3.63) is 12.2 Å². The molecule has 0 fully saturated rings. The van der Waals surface area contributed by atoms with Crippen molar-refractivity contribution in [3.63, 3.8) is 0 Å². The minimum absolute atomic E-state index is 0.107. The maximum atomic E-state index is 11.7. The van der Waals surface area contributed by atoms with Crippen molar-refractivity contribution < 1.29 is 9.90 Å². The molecule has 274 valence electrons. The average molecular weight is 647 g/mol. The third-order valence-electron chi connectivity index (χ3n) is 10.3. The van der Waals surface area contributed by atoms with E-state index in [1.54, 1.807) is 0 Å². The van der Waals surface area contributed by atoms with E-state index < -0.39 is 5.97 Å². The number of carbonyl (C=O) groups is 1. The lowest BCUT2D eigenvalue weighted by atomic mass is 9.94. The van der Waals surface area contributed by atoms with E-state index in [1.165, 1.54) is 218 Å². The molecule has 0 aromatic heterocycles. The molecular formula is C44H86O2. The first kappa shape index (κ1) is 45.2. The van der Waals surface area contributed by atoms with Crippen LogP contribution in [0.4, 0.5) is 0 Å². The van der Waals surface area contributed by atoms with Gasteiger partial charge >= 0.3 is 5.97 Å². The number of aliphatic carboxylic acids is 1. The van der Waals surface area contributed by atoms with E-state index in [4.69, 9.17) is 0 Å². The Labute approximate surface area is 291 Å². The third-order valence-corrected chi connectivity index (χ3v) is 10.3. The highest BCUT2D eigenvalue weighted by atomic mass is 16.4. The fraction of sp³-hybridized carbons (Fsp3) is 0.932. The predicted molar refractivity (Wildman–Crippen MR) is 207 cm³/mol. The van der Waals surface area contributed by atoms with Crippen molar-refractivity contribution in [2.24, 2.45) is 5.92 Å². The monoisotopic (exact) mass is 647 g/mol. The second-order valence-electron chi connectivity index (χ2n) is 15.0. The molecule has 0 saturated carbocycles. The van der Waals surface area contributed by atoms with Crippen LogP contribution in [0.25, 0.3) is 0 Å². The van der Waals surface area contributed by atoms with Crippen molar-refractivity contribution in [2.75, 3.05) is 0 Å². The Balaban J connectivity index is 3.38. The first-order chi connectivity index (χ1) is 22.7. The molecule has 0 aliphatic carbocycles. The van der Waals surface area contributed by atoms with E-state index in [1.807, 2.05) is 0 Å². The van der Waals surface area contributed by atoms with Gasteiger partial charge in [-0.3, -0.25) is 4.79 Å².